The zero-order valence-corrected chi connectivity index (χ0v) is 12.1. The summed E-state index contributed by atoms with van der Waals surface area (Å²) in [6.45, 7) is 3.75. The number of carbonyl (C=O) groups is 1. The Morgan fingerprint density at radius 1 is 1.16 bits per heavy atom. The lowest BCUT2D eigenvalue weighted by atomic mass is 10.1. The Balaban J connectivity index is 0.00000180. The first-order chi connectivity index (χ1) is 8.86. The van der Waals surface area contributed by atoms with Gasteiger partial charge in [-0.05, 0) is 31.4 Å². The summed E-state index contributed by atoms with van der Waals surface area (Å²) in [5.41, 5.74) is 1.32. The molecule has 1 aliphatic rings. The summed E-state index contributed by atoms with van der Waals surface area (Å²) in [6, 6.07) is 10.4. The number of rotatable bonds is 4. The minimum Gasteiger partial charge on any atom is -0.341 e. The number of benzene rings is 1. The summed E-state index contributed by atoms with van der Waals surface area (Å²) in [4.78, 5) is 14.0. The quantitative estimate of drug-likeness (QED) is 0.919. The summed E-state index contributed by atoms with van der Waals surface area (Å²) in [5.74, 6) is 0.314. The van der Waals surface area contributed by atoms with Crippen LogP contribution in [0.5, 0.6) is 0 Å². The zero-order valence-electron chi connectivity index (χ0n) is 11.3. The molecular weight excluding hydrogens is 260 g/mol. The van der Waals surface area contributed by atoms with Gasteiger partial charge >= 0.3 is 0 Å². The Bertz CT molecular complexity index is 362. The number of halogens is 1. The van der Waals surface area contributed by atoms with E-state index in [2.05, 4.69) is 29.6 Å². The van der Waals surface area contributed by atoms with Gasteiger partial charge in [-0.1, -0.05) is 30.3 Å². The molecular formula is C15H23ClN2O. The van der Waals surface area contributed by atoms with Gasteiger partial charge in [0.1, 0.15) is 0 Å². The van der Waals surface area contributed by atoms with Crippen LogP contribution in [0.3, 0.4) is 0 Å². The fourth-order valence-corrected chi connectivity index (χ4v) is 2.34. The van der Waals surface area contributed by atoms with Crippen LogP contribution in [0.15, 0.2) is 30.3 Å². The maximum absolute atomic E-state index is 12.0. The number of carbonyl (C=O) groups excluding carboxylic acids is 1. The predicted molar refractivity (Wildman–Crippen MR) is 80.7 cm³/mol. The molecule has 1 aromatic carbocycles. The van der Waals surface area contributed by atoms with E-state index in [9.17, 15) is 4.79 Å². The molecule has 106 valence electrons. The minimum absolute atomic E-state index is 0. The van der Waals surface area contributed by atoms with Crippen molar-refractivity contribution < 1.29 is 4.79 Å². The number of nitrogens with one attached hydrogen (secondary N) is 1. The van der Waals surface area contributed by atoms with Gasteiger partial charge in [0.05, 0.1) is 0 Å². The van der Waals surface area contributed by atoms with Crippen molar-refractivity contribution in [2.75, 3.05) is 26.2 Å². The van der Waals surface area contributed by atoms with E-state index in [1.54, 1.807) is 0 Å². The number of hydrogen-bond donors (Lipinski definition) is 1. The van der Waals surface area contributed by atoms with Crippen molar-refractivity contribution in [1.29, 1.82) is 0 Å². The number of nitrogens with zero attached hydrogens (tertiary/aromatic N) is 1. The smallest absolute Gasteiger partial charge is 0.222 e. The molecule has 1 saturated heterocycles. The van der Waals surface area contributed by atoms with E-state index >= 15 is 0 Å². The summed E-state index contributed by atoms with van der Waals surface area (Å²) in [7, 11) is 0. The van der Waals surface area contributed by atoms with Gasteiger partial charge in [0.15, 0.2) is 0 Å². The van der Waals surface area contributed by atoms with Crippen molar-refractivity contribution in [3.63, 3.8) is 0 Å². The first-order valence-corrected chi connectivity index (χ1v) is 6.89. The summed E-state index contributed by atoms with van der Waals surface area (Å²) in [6.07, 6.45) is 3.70. The minimum atomic E-state index is 0. The number of aryl methyl sites for hydroxylation is 1. The molecule has 1 aromatic rings. The Morgan fingerprint density at radius 3 is 2.74 bits per heavy atom. The van der Waals surface area contributed by atoms with Gasteiger partial charge in [-0.2, -0.15) is 0 Å². The first-order valence-electron chi connectivity index (χ1n) is 6.89. The molecule has 1 amide bonds. The normalized spacial score (nSPS) is 15.5. The van der Waals surface area contributed by atoms with Gasteiger partial charge < -0.3 is 10.2 Å². The van der Waals surface area contributed by atoms with Crippen molar-refractivity contribution in [1.82, 2.24) is 10.2 Å². The van der Waals surface area contributed by atoms with Crippen molar-refractivity contribution in [2.45, 2.75) is 25.7 Å². The van der Waals surface area contributed by atoms with Crippen LogP contribution in [-0.2, 0) is 11.2 Å². The lowest BCUT2D eigenvalue weighted by Crippen LogP contribution is -2.34. The first kappa shape index (κ1) is 16.0. The Kier molecular flexibility index (Phi) is 7.53. The second kappa shape index (κ2) is 8.94. The fraction of sp³-hybridized carbons (Fsp3) is 0.533. The maximum Gasteiger partial charge on any atom is 0.222 e. The summed E-state index contributed by atoms with van der Waals surface area (Å²) in [5, 5.41) is 3.32. The van der Waals surface area contributed by atoms with Gasteiger partial charge in [-0.15, -0.1) is 12.4 Å². The third-order valence-electron chi connectivity index (χ3n) is 3.39. The summed E-state index contributed by atoms with van der Waals surface area (Å²) < 4.78 is 0. The fourth-order valence-electron chi connectivity index (χ4n) is 2.34. The van der Waals surface area contributed by atoms with Crippen molar-refractivity contribution in [3.8, 4) is 0 Å². The predicted octanol–water partition coefficient (Wildman–Crippen LogP) is 2.25. The molecule has 0 spiro atoms. The van der Waals surface area contributed by atoms with Crippen molar-refractivity contribution in [2.24, 2.45) is 0 Å². The maximum atomic E-state index is 12.0. The van der Waals surface area contributed by atoms with Crippen LogP contribution in [0.1, 0.15) is 24.8 Å². The van der Waals surface area contributed by atoms with Gasteiger partial charge in [-0.3, -0.25) is 4.79 Å². The number of hydrogen-bond acceptors (Lipinski definition) is 2. The van der Waals surface area contributed by atoms with E-state index in [-0.39, 0.29) is 12.4 Å². The molecule has 0 bridgehead atoms. The van der Waals surface area contributed by atoms with Crippen LogP contribution in [0, 0.1) is 0 Å². The largest absolute Gasteiger partial charge is 0.341 e. The topological polar surface area (TPSA) is 32.3 Å². The highest BCUT2D eigenvalue weighted by molar-refractivity contribution is 5.85. The molecule has 3 nitrogen and oxygen atoms in total. The van der Waals surface area contributed by atoms with E-state index in [1.165, 1.54) is 5.56 Å². The van der Waals surface area contributed by atoms with E-state index in [1.807, 2.05) is 11.0 Å². The van der Waals surface area contributed by atoms with E-state index in [0.717, 1.165) is 45.4 Å². The molecule has 0 aliphatic carbocycles. The van der Waals surface area contributed by atoms with Gasteiger partial charge in [-0.25, -0.2) is 0 Å². The molecule has 0 unspecified atom stereocenters. The van der Waals surface area contributed by atoms with Crippen LogP contribution in [0.2, 0.25) is 0 Å². The lowest BCUT2D eigenvalue weighted by molar-refractivity contribution is -0.131. The molecule has 1 N–H and O–H groups in total. The Labute approximate surface area is 121 Å². The van der Waals surface area contributed by atoms with Crippen LogP contribution >= 0.6 is 12.4 Å². The van der Waals surface area contributed by atoms with E-state index < -0.39 is 0 Å². The molecule has 4 heteroatoms. The van der Waals surface area contributed by atoms with Crippen LogP contribution < -0.4 is 5.32 Å². The standard InChI is InChI=1S/C15H22N2O.ClH/c18-15(17-12-5-10-16-11-13-17)9-4-8-14-6-2-1-3-7-14;/h1-3,6-7,16H,4-5,8-13H2;1H. The van der Waals surface area contributed by atoms with Crippen LogP contribution in [0.25, 0.3) is 0 Å². The Hall–Kier alpha value is -1.06. The average molecular weight is 283 g/mol. The zero-order chi connectivity index (χ0) is 12.6. The second-order valence-electron chi connectivity index (χ2n) is 4.82. The lowest BCUT2D eigenvalue weighted by Gasteiger charge is -2.19. The highest BCUT2D eigenvalue weighted by Gasteiger charge is 2.14. The van der Waals surface area contributed by atoms with Gasteiger partial charge in [0, 0.05) is 26.1 Å². The molecule has 1 fully saturated rings. The highest BCUT2D eigenvalue weighted by Crippen LogP contribution is 2.07. The summed E-state index contributed by atoms with van der Waals surface area (Å²) >= 11 is 0. The van der Waals surface area contributed by atoms with Crippen molar-refractivity contribution in [3.05, 3.63) is 35.9 Å². The highest BCUT2D eigenvalue weighted by atomic mass is 35.5. The third kappa shape index (κ3) is 5.62. The SMILES string of the molecule is Cl.O=C(CCCc1ccccc1)N1CCCNCC1. The molecule has 1 aliphatic heterocycles. The average Bonchev–Trinajstić information content (AvgIpc) is 2.69. The van der Waals surface area contributed by atoms with Crippen LogP contribution in [-0.4, -0.2) is 37.0 Å². The Morgan fingerprint density at radius 2 is 1.95 bits per heavy atom. The van der Waals surface area contributed by atoms with Gasteiger partial charge in [0.2, 0.25) is 5.91 Å². The molecule has 1 heterocycles. The monoisotopic (exact) mass is 282 g/mol. The molecule has 2 rings (SSSR count). The molecule has 0 radical (unpaired) electrons. The molecule has 0 atom stereocenters. The second-order valence-corrected chi connectivity index (χ2v) is 4.82. The molecule has 0 saturated carbocycles. The number of amides is 1. The third-order valence-corrected chi connectivity index (χ3v) is 3.39. The van der Waals surface area contributed by atoms with Crippen LogP contribution in [0.4, 0.5) is 0 Å². The molecule has 0 aromatic heterocycles. The van der Waals surface area contributed by atoms with E-state index in [4.69, 9.17) is 0 Å². The molecule has 19 heavy (non-hydrogen) atoms. The van der Waals surface area contributed by atoms with E-state index in [0.29, 0.717) is 12.3 Å². The van der Waals surface area contributed by atoms with Gasteiger partial charge in [0.25, 0.3) is 0 Å². The van der Waals surface area contributed by atoms with Crippen molar-refractivity contribution >= 4 is 18.3 Å².